The Morgan fingerprint density at radius 1 is 0.950 bits per heavy atom. The highest BCUT2D eigenvalue weighted by Gasteiger charge is 2.84. The Morgan fingerprint density at radius 3 is 1.95 bits per heavy atom. The Labute approximate surface area is 106 Å². The van der Waals surface area contributed by atoms with E-state index in [1.54, 1.807) is 0 Å². The summed E-state index contributed by atoms with van der Waals surface area (Å²) in [5.41, 5.74) is -1.94. The highest BCUT2D eigenvalue weighted by molar-refractivity contribution is 5.71. The first-order chi connectivity index (χ1) is 8.86. The number of halogens is 8. The normalized spacial score (nSPS) is 26.1. The lowest BCUT2D eigenvalue weighted by Crippen LogP contribution is -2.65. The zero-order chi connectivity index (χ0) is 15.6. The summed E-state index contributed by atoms with van der Waals surface area (Å²) in [6.07, 6.45) is 1.05. The van der Waals surface area contributed by atoms with Gasteiger partial charge in [-0.3, -0.25) is 0 Å². The van der Waals surface area contributed by atoms with Crippen LogP contribution >= 0.6 is 0 Å². The van der Waals surface area contributed by atoms with E-state index in [0.717, 1.165) is 24.0 Å². The van der Waals surface area contributed by atoms with Crippen LogP contribution in [0.1, 0.15) is 5.82 Å². The van der Waals surface area contributed by atoms with E-state index in [1.165, 1.54) is 0 Å². The molecule has 0 aromatic carbocycles. The van der Waals surface area contributed by atoms with E-state index < -0.39 is 41.2 Å². The standard InChI is InChI=1S/C10H6F8N2/c1-20-3-2-19-6(20)5-4-7(11,12)9(15,16)10(17,18)8(5,13)14/h2-4H,1H3. The molecule has 1 aromatic heterocycles. The Kier molecular flexibility index (Phi) is 2.76. The van der Waals surface area contributed by atoms with Crippen LogP contribution in [0.4, 0.5) is 35.1 Å². The summed E-state index contributed by atoms with van der Waals surface area (Å²) in [6, 6.07) is 0. The molecule has 2 rings (SSSR count). The number of aryl methyl sites for hydroxylation is 1. The van der Waals surface area contributed by atoms with Gasteiger partial charge < -0.3 is 4.57 Å². The number of nitrogens with zero attached hydrogens (tertiary/aromatic N) is 2. The summed E-state index contributed by atoms with van der Waals surface area (Å²) in [6.45, 7) is 0. The summed E-state index contributed by atoms with van der Waals surface area (Å²) in [4.78, 5) is 3.22. The zero-order valence-corrected chi connectivity index (χ0v) is 9.65. The predicted molar refractivity (Wildman–Crippen MR) is 51.0 cm³/mol. The molecule has 0 aliphatic heterocycles. The number of aromatic nitrogens is 2. The van der Waals surface area contributed by atoms with Gasteiger partial charge in [0.15, 0.2) is 0 Å². The quantitative estimate of drug-likeness (QED) is 0.728. The molecule has 1 aliphatic carbocycles. The van der Waals surface area contributed by atoms with Gasteiger partial charge in [0, 0.05) is 25.5 Å². The number of rotatable bonds is 1. The molecule has 1 heterocycles. The average molecular weight is 306 g/mol. The van der Waals surface area contributed by atoms with Crippen LogP contribution in [0.5, 0.6) is 0 Å². The molecule has 0 N–H and O–H groups in total. The molecule has 0 amide bonds. The van der Waals surface area contributed by atoms with Crippen LogP contribution in [0, 0.1) is 0 Å². The van der Waals surface area contributed by atoms with E-state index in [4.69, 9.17) is 0 Å². The Balaban J connectivity index is 2.76. The van der Waals surface area contributed by atoms with Crippen LogP contribution in [0.15, 0.2) is 18.5 Å². The minimum absolute atomic E-state index is 0.745. The van der Waals surface area contributed by atoms with Crippen molar-refractivity contribution in [1.29, 1.82) is 0 Å². The molecule has 0 radical (unpaired) electrons. The van der Waals surface area contributed by atoms with Crippen molar-refractivity contribution in [3.05, 3.63) is 24.3 Å². The first-order valence-electron chi connectivity index (χ1n) is 5.08. The first-order valence-corrected chi connectivity index (χ1v) is 5.08. The molecular weight excluding hydrogens is 300 g/mol. The van der Waals surface area contributed by atoms with E-state index in [9.17, 15) is 35.1 Å². The molecule has 0 unspecified atom stereocenters. The molecule has 0 saturated heterocycles. The monoisotopic (exact) mass is 306 g/mol. The summed E-state index contributed by atoms with van der Waals surface area (Å²) in [7, 11) is 1.07. The lowest BCUT2D eigenvalue weighted by atomic mass is 9.85. The molecule has 112 valence electrons. The molecule has 1 aromatic rings. The number of imidazole rings is 1. The van der Waals surface area contributed by atoms with Gasteiger partial charge in [-0.05, 0) is 0 Å². The second kappa shape index (κ2) is 3.73. The maximum Gasteiger partial charge on any atom is 0.383 e. The van der Waals surface area contributed by atoms with Gasteiger partial charge in [-0.2, -0.15) is 35.1 Å². The molecule has 0 fully saturated rings. The fourth-order valence-corrected chi connectivity index (χ4v) is 1.77. The van der Waals surface area contributed by atoms with Gasteiger partial charge >= 0.3 is 23.7 Å². The van der Waals surface area contributed by atoms with Gasteiger partial charge in [-0.25, -0.2) is 4.98 Å². The average Bonchev–Trinajstić information content (AvgIpc) is 2.70. The van der Waals surface area contributed by atoms with Crippen LogP contribution in [-0.2, 0) is 7.05 Å². The molecule has 1 aliphatic rings. The molecule has 0 spiro atoms. The maximum atomic E-state index is 13.5. The van der Waals surface area contributed by atoms with Gasteiger partial charge in [-0.15, -0.1) is 0 Å². The second-order valence-electron chi connectivity index (χ2n) is 4.27. The molecule has 2 nitrogen and oxygen atoms in total. The smallest absolute Gasteiger partial charge is 0.334 e. The lowest BCUT2D eigenvalue weighted by Gasteiger charge is -2.40. The predicted octanol–water partition coefficient (Wildman–Crippen LogP) is 3.36. The van der Waals surface area contributed by atoms with E-state index in [-0.39, 0.29) is 0 Å². The minimum Gasteiger partial charge on any atom is -0.334 e. The number of allylic oxidation sites excluding steroid dienone is 2. The summed E-state index contributed by atoms with van der Waals surface area (Å²) >= 11 is 0. The highest BCUT2D eigenvalue weighted by Crippen LogP contribution is 2.60. The van der Waals surface area contributed by atoms with Crippen molar-refractivity contribution >= 4 is 5.57 Å². The van der Waals surface area contributed by atoms with E-state index >= 15 is 0 Å². The Bertz CT molecular complexity index is 572. The molecule has 20 heavy (non-hydrogen) atoms. The third-order valence-electron chi connectivity index (χ3n) is 2.93. The van der Waals surface area contributed by atoms with E-state index in [2.05, 4.69) is 4.98 Å². The van der Waals surface area contributed by atoms with E-state index in [1.807, 2.05) is 0 Å². The minimum atomic E-state index is -6.25. The molecular formula is C10H6F8N2. The largest absolute Gasteiger partial charge is 0.383 e. The molecule has 0 saturated carbocycles. The van der Waals surface area contributed by atoms with Crippen LogP contribution in [0.25, 0.3) is 5.57 Å². The number of hydrogen-bond donors (Lipinski definition) is 0. The molecule has 0 atom stereocenters. The van der Waals surface area contributed by atoms with Crippen LogP contribution in [0.2, 0.25) is 0 Å². The number of hydrogen-bond acceptors (Lipinski definition) is 1. The highest BCUT2D eigenvalue weighted by atomic mass is 19.4. The third kappa shape index (κ3) is 1.53. The topological polar surface area (TPSA) is 17.8 Å². The Morgan fingerprint density at radius 2 is 1.50 bits per heavy atom. The van der Waals surface area contributed by atoms with Crippen molar-refractivity contribution in [1.82, 2.24) is 9.55 Å². The van der Waals surface area contributed by atoms with Crippen molar-refractivity contribution in [2.45, 2.75) is 23.7 Å². The second-order valence-corrected chi connectivity index (χ2v) is 4.27. The fraction of sp³-hybridized carbons (Fsp3) is 0.500. The lowest BCUT2D eigenvalue weighted by molar-refractivity contribution is -0.348. The van der Waals surface area contributed by atoms with Gasteiger partial charge in [0.25, 0.3) is 0 Å². The van der Waals surface area contributed by atoms with Crippen molar-refractivity contribution < 1.29 is 35.1 Å². The van der Waals surface area contributed by atoms with Crippen molar-refractivity contribution in [3.63, 3.8) is 0 Å². The van der Waals surface area contributed by atoms with Crippen LogP contribution in [0.3, 0.4) is 0 Å². The Hall–Kier alpha value is -1.61. The van der Waals surface area contributed by atoms with E-state index in [0.29, 0.717) is 0 Å². The van der Waals surface area contributed by atoms with Gasteiger partial charge in [0.2, 0.25) is 0 Å². The van der Waals surface area contributed by atoms with Gasteiger partial charge in [-0.1, -0.05) is 0 Å². The fourth-order valence-electron chi connectivity index (χ4n) is 1.77. The number of alkyl halides is 8. The zero-order valence-electron chi connectivity index (χ0n) is 9.65. The first kappa shape index (κ1) is 14.8. The summed E-state index contributed by atoms with van der Waals surface area (Å²) in [5.74, 6) is -24.3. The van der Waals surface area contributed by atoms with Crippen LogP contribution in [-0.4, -0.2) is 33.2 Å². The van der Waals surface area contributed by atoms with Crippen molar-refractivity contribution in [3.8, 4) is 0 Å². The van der Waals surface area contributed by atoms with Gasteiger partial charge in [0.05, 0.1) is 5.57 Å². The van der Waals surface area contributed by atoms with Crippen molar-refractivity contribution in [2.75, 3.05) is 0 Å². The third-order valence-corrected chi connectivity index (χ3v) is 2.93. The SMILES string of the molecule is Cn1ccnc1C1=CC(F)(F)C(F)(F)C(F)(F)C1(F)F. The maximum absolute atomic E-state index is 13.5. The molecule has 0 bridgehead atoms. The van der Waals surface area contributed by atoms with Crippen molar-refractivity contribution in [2.24, 2.45) is 7.05 Å². The summed E-state index contributed by atoms with van der Waals surface area (Å²) in [5, 5.41) is 0. The van der Waals surface area contributed by atoms with Gasteiger partial charge in [0.1, 0.15) is 5.82 Å². The summed E-state index contributed by atoms with van der Waals surface area (Å²) < 4.78 is 106. The van der Waals surface area contributed by atoms with Crippen LogP contribution < -0.4 is 0 Å². The molecule has 10 heteroatoms.